The molecule has 0 amide bonds. The molecule has 1 atom stereocenters. The van der Waals surface area contributed by atoms with E-state index in [0.29, 0.717) is 22.6 Å². The Balaban J connectivity index is 2.30. The molecule has 0 saturated carbocycles. The van der Waals surface area contributed by atoms with Crippen molar-refractivity contribution in [1.82, 2.24) is 0 Å². The molecule has 0 fully saturated rings. The average Bonchev–Trinajstić information content (AvgIpc) is 2.77. The molecule has 4 N–H and O–H groups in total. The lowest BCUT2D eigenvalue weighted by Gasteiger charge is -2.34. The summed E-state index contributed by atoms with van der Waals surface area (Å²) in [7, 11) is -0.856. The Hall–Kier alpha value is -3.27. The summed E-state index contributed by atoms with van der Waals surface area (Å²) in [6.07, 6.45) is 1.06. The van der Waals surface area contributed by atoms with Gasteiger partial charge >= 0.3 is 0 Å². The van der Waals surface area contributed by atoms with Gasteiger partial charge < -0.3 is 19.7 Å². The van der Waals surface area contributed by atoms with Gasteiger partial charge in [-0.15, -0.1) is 0 Å². The van der Waals surface area contributed by atoms with Crippen LogP contribution >= 0.6 is 0 Å². The van der Waals surface area contributed by atoms with Crippen LogP contribution in [0.3, 0.4) is 0 Å². The predicted octanol–water partition coefficient (Wildman–Crippen LogP) is 3.09. The molecule has 3 aromatic carbocycles. The second-order valence-corrected chi connectivity index (χ2v) is 9.69. The topological polar surface area (TPSA) is 122 Å². The van der Waals surface area contributed by atoms with E-state index in [2.05, 4.69) is 0 Å². The SMILES string of the molecule is COc1ccc(C(c2ccc(OC)cc2)N(c2cccc(C(C)(N)O)c2O)S(C)(=O)=O)cc1. The maximum absolute atomic E-state index is 13.2. The van der Waals surface area contributed by atoms with Gasteiger partial charge in [0.1, 0.15) is 23.0 Å². The minimum atomic E-state index is -3.94. The first-order valence-electron chi connectivity index (χ1n) is 10.1. The third-order valence-electron chi connectivity index (χ3n) is 5.25. The number of hydrogen-bond donors (Lipinski definition) is 3. The number of para-hydroxylation sites is 1. The normalized spacial score (nSPS) is 13.4. The molecule has 0 bridgehead atoms. The van der Waals surface area contributed by atoms with E-state index in [4.69, 9.17) is 15.2 Å². The summed E-state index contributed by atoms with van der Waals surface area (Å²) in [5.41, 5.74) is 5.17. The summed E-state index contributed by atoms with van der Waals surface area (Å²) in [6.45, 7) is 1.31. The Morgan fingerprint density at radius 1 is 0.909 bits per heavy atom. The number of nitrogens with zero attached hydrogens (tertiary/aromatic N) is 1. The molecule has 176 valence electrons. The molecule has 0 spiro atoms. The van der Waals surface area contributed by atoms with Gasteiger partial charge in [0.2, 0.25) is 10.0 Å². The monoisotopic (exact) mass is 472 g/mol. The van der Waals surface area contributed by atoms with Crippen molar-refractivity contribution in [2.75, 3.05) is 24.8 Å². The number of rotatable bonds is 8. The molecule has 0 aliphatic rings. The van der Waals surface area contributed by atoms with Crippen LogP contribution in [0.15, 0.2) is 66.7 Å². The Labute approximate surface area is 193 Å². The highest BCUT2D eigenvalue weighted by molar-refractivity contribution is 7.92. The number of sulfonamides is 1. The van der Waals surface area contributed by atoms with Gasteiger partial charge in [0.25, 0.3) is 0 Å². The summed E-state index contributed by atoms with van der Waals surface area (Å²) in [5.74, 6) is 0.798. The van der Waals surface area contributed by atoms with Crippen LogP contribution < -0.4 is 19.5 Å². The van der Waals surface area contributed by atoms with E-state index in [9.17, 15) is 18.6 Å². The fourth-order valence-electron chi connectivity index (χ4n) is 3.66. The zero-order valence-corrected chi connectivity index (χ0v) is 19.7. The molecule has 9 heteroatoms. The van der Waals surface area contributed by atoms with Gasteiger partial charge in [0.05, 0.1) is 32.2 Å². The van der Waals surface area contributed by atoms with Crippen molar-refractivity contribution in [2.45, 2.75) is 18.7 Å². The molecule has 3 rings (SSSR count). The Morgan fingerprint density at radius 2 is 1.36 bits per heavy atom. The largest absolute Gasteiger partial charge is 0.505 e. The smallest absolute Gasteiger partial charge is 0.233 e. The second kappa shape index (κ2) is 9.30. The molecular formula is C24H28N2O6S. The van der Waals surface area contributed by atoms with Crippen molar-refractivity contribution < 1.29 is 28.1 Å². The summed E-state index contributed by atoms with van der Waals surface area (Å²) in [4.78, 5) is 0. The molecular weight excluding hydrogens is 444 g/mol. The zero-order valence-electron chi connectivity index (χ0n) is 18.9. The van der Waals surface area contributed by atoms with Gasteiger partial charge in [0, 0.05) is 5.56 Å². The lowest BCUT2D eigenvalue weighted by molar-refractivity contribution is 0.0622. The fourth-order valence-corrected chi connectivity index (χ4v) is 4.79. The molecule has 0 heterocycles. The molecule has 3 aromatic rings. The summed E-state index contributed by atoms with van der Waals surface area (Å²) in [5, 5.41) is 21.3. The molecule has 8 nitrogen and oxygen atoms in total. The van der Waals surface area contributed by atoms with Crippen molar-refractivity contribution in [1.29, 1.82) is 0 Å². The number of nitrogens with two attached hydrogens (primary N) is 1. The Bertz CT molecular complexity index is 1160. The number of aromatic hydroxyl groups is 1. The van der Waals surface area contributed by atoms with Crippen LogP contribution in [0.1, 0.15) is 29.7 Å². The molecule has 0 saturated heterocycles. The lowest BCUT2D eigenvalue weighted by atomic mass is 9.97. The van der Waals surface area contributed by atoms with Gasteiger partial charge in [-0.3, -0.25) is 10.0 Å². The van der Waals surface area contributed by atoms with Crippen LogP contribution in [0.25, 0.3) is 0 Å². The van der Waals surface area contributed by atoms with Gasteiger partial charge in [-0.05, 0) is 48.4 Å². The first-order chi connectivity index (χ1) is 15.5. The number of phenols is 1. The van der Waals surface area contributed by atoms with Gasteiger partial charge in [-0.1, -0.05) is 36.4 Å². The molecule has 33 heavy (non-hydrogen) atoms. The van der Waals surface area contributed by atoms with E-state index in [1.54, 1.807) is 62.8 Å². The highest BCUT2D eigenvalue weighted by Crippen LogP contribution is 2.43. The summed E-state index contributed by atoms with van der Waals surface area (Å²) in [6, 6.07) is 17.5. The highest BCUT2D eigenvalue weighted by atomic mass is 32.2. The third-order valence-corrected chi connectivity index (χ3v) is 6.37. The number of benzene rings is 3. The van der Waals surface area contributed by atoms with E-state index in [1.165, 1.54) is 25.1 Å². The molecule has 1 unspecified atom stereocenters. The number of hydrogen-bond acceptors (Lipinski definition) is 7. The minimum absolute atomic E-state index is 0.00291. The summed E-state index contributed by atoms with van der Waals surface area (Å²) < 4.78 is 37.9. The quantitative estimate of drug-likeness (QED) is 0.431. The summed E-state index contributed by atoms with van der Waals surface area (Å²) >= 11 is 0. The van der Waals surface area contributed by atoms with Crippen molar-refractivity contribution in [3.05, 3.63) is 83.4 Å². The van der Waals surface area contributed by atoms with E-state index < -0.39 is 27.5 Å². The van der Waals surface area contributed by atoms with Gasteiger partial charge in [-0.2, -0.15) is 0 Å². The molecule has 0 aliphatic carbocycles. The predicted molar refractivity (Wildman–Crippen MR) is 127 cm³/mol. The number of aliphatic hydroxyl groups is 1. The fraction of sp³-hybridized carbons (Fsp3) is 0.250. The van der Waals surface area contributed by atoms with Crippen molar-refractivity contribution in [3.63, 3.8) is 0 Å². The van der Waals surface area contributed by atoms with E-state index in [1.807, 2.05) is 0 Å². The minimum Gasteiger partial charge on any atom is -0.505 e. The maximum Gasteiger partial charge on any atom is 0.233 e. The van der Waals surface area contributed by atoms with Crippen LogP contribution in [0.2, 0.25) is 0 Å². The zero-order chi connectivity index (χ0) is 24.4. The van der Waals surface area contributed by atoms with Crippen LogP contribution in [0, 0.1) is 0 Å². The van der Waals surface area contributed by atoms with Crippen LogP contribution in [-0.2, 0) is 15.7 Å². The van der Waals surface area contributed by atoms with Gasteiger partial charge in [0.15, 0.2) is 0 Å². The average molecular weight is 473 g/mol. The van der Waals surface area contributed by atoms with Crippen molar-refractivity contribution in [3.8, 4) is 17.2 Å². The molecule has 0 aliphatic heterocycles. The maximum atomic E-state index is 13.2. The molecule has 0 aromatic heterocycles. The second-order valence-electron chi connectivity index (χ2n) is 7.83. The third kappa shape index (κ3) is 5.22. The van der Waals surface area contributed by atoms with E-state index in [0.717, 1.165) is 10.6 Å². The first kappa shape index (κ1) is 24.4. The van der Waals surface area contributed by atoms with Crippen molar-refractivity contribution >= 4 is 15.7 Å². The Kier molecular flexibility index (Phi) is 6.87. The van der Waals surface area contributed by atoms with E-state index in [-0.39, 0.29) is 11.3 Å². The highest BCUT2D eigenvalue weighted by Gasteiger charge is 2.34. The number of anilines is 1. The molecule has 0 radical (unpaired) electrons. The van der Waals surface area contributed by atoms with Gasteiger partial charge in [-0.25, -0.2) is 8.42 Å². The lowest BCUT2D eigenvalue weighted by Crippen LogP contribution is -2.36. The van der Waals surface area contributed by atoms with E-state index >= 15 is 0 Å². The Morgan fingerprint density at radius 3 is 1.73 bits per heavy atom. The number of methoxy groups -OCH3 is 2. The number of phenolic OH excluding ortho intramolecular Hbond substituents is 1. The van der Waals surface area contributed by atoms with Crippen LogP contribution in [0.5, 0.6) is 17.2 Å². The number of ether oxygens (including phenoxy) is 2. The van der Waals surface area contributed by atoms with Crippen LogP contribution in [0.4, 0.5) is 5.69 Å². The van der Waals surface area contributed by atoms with Crippen molar-refractivity contribution in [2.24, 2.45) is 5.73 Å². The standard InChI is InChI=1S/C24H28N2O6S/c1-24(25,28)20-6-5-7-21(23(20)27)26(33(4,29)30)22(16-8-12-18(31-2)13-9-16)17-10-14-19(32-3)15-11-17/h5-15,22,27-28H,25H2,1-4H3. The first-order valence-corrected chi connectivity index (χ1v) is 11.9. The van der Waals surface area contributed by atoms with Crippen LogP contribution in [-0.4, -0.2) is 39.1 Å².